The van der Waals surface area contributed by atoms with Gasteiger partial charge in [-0.3, -0.25) is 14.4 Å². The minimum absolute atomic E-state index is 0.156. The maximum Gasteiger partial charge on any atom is 0.254 e. The molecule has 2 aromatic carbocycles. The van der Waals surface area contributed by atoms with Gasteiger partial charge in [0.25, 0.3) is 5.91 Å². The second-order valence-electron chi connectivity index (χ2n) is 7.03. The standard InChI is InChI=1S/C23H26N2O5/c1-15(27)4-5-16-6-8-17(9-7-16)18-10-12-19(13-11-18)23(30)25(3)21(20(28)14-26)22(29)24-2/h6-13,21,26H,4-5,14H2,1-3H3,(H,24,29). The number of aliphatic hydroxyl groups is 1. The summed E-state index contributed by atoms with van der Waals surface area (Å²) in [6, 6.07) is 13.3. The first-order valence-electron chi connectivity index (χ1n) is 9.59. The van der Waals surface area contributed by atoms with Gasteiger partial charge in [0.15, 0.2) is 11.8 Å². The van der Waals surface area contributed by atoms with Gasteiger partial charge < -0.3 is 20.1 Å². The van der Waals surface area contributed by atoms with Crippen LogP contribution in [0.5, 0.6) is 0 Å². The number of nitrogens with one attached hydrogen (secondary N) is 1. The zero-order valence-corrected chi connectivity index (χ0v) is 17.3. The molecule has 0 radical (unpaired) electrons. The Morgan fingerprint density at radius 2 is 1.50 bits per heavy atom. The molecule has 0 aliphatic heterocycles. The van der Waals surface area contributed by atoms with E-state index in [2.05, 4.69) is 5.32 Å². The number of hydrogen-bond acceptors (Lipinski definition) is 5. The monoisotopic (exact) mass is 410 g/mol. The molecular formula is C23H26N2O5. The van der Waals surface area contributed by atoms with Gasteiger partial charge in [-0.2, -0.15) is 0 Å². The van der Waals surface area contributed by atoms with E-state index in [0.29, 0.717) is 18.4 Å². The number of benzene rings is 2. The number of likely N-dealkylation sites (N-methyl/N-ethyl adjacent to an activating group) is 2. The fourth-order valence-corrected chi connectivity index (χ4v) is 3.07. The Balaban J connectivity index is 2.16. The van der Waals surface area contributed by atoms with Crippen molar-refractivity contribution in [2.75, 3.05) is 20.7 Å². The summed E-state index contributed by atoms with van der Waals surface area (Å²) < 4.78 is 0. The van der Waals surface area contributed by atoms with Gasteiger partial charge in [0.1, 0.15) is 12.4 Å². The van der Waals surface area contributed by atoms with E-state index in [1.165, 1.54) is 14.1 Å². The lowest BCUT2D eigenvalue weighted by Crippen LogP contribution is -2.52. The fraction of sp³-hybridized carbons (Fsp3) is 0.304. The van der Waals surface area contributed by atoms with E-state index < -0.39 is 30.2 Å². The number of carbonyl (C=O) groups excluding carboxylic acids is 4. The molecule has 7 heteroatoms. The minimum Gasteiger partial charge on any atom is -0.388 e. The lowest BCUT2D eigenvalue weighted by Gasteiger charge is -2.25. The number of hydrogen-bond donors (Lipinski definition) is 2. The lowest BCUT2D eigenvalue weighted by molar-refractivity contribution is -0.135. The van der Waals surface area contributed by atoms with Gasteiger partial charge in [-0.15, -0.1) is 0 Å². The van der Waals surface area contributed by atoms with Crippen molar-refractivity contribution in [1.82, 2.24) is 10.2 Å². The lowest BCUT2D eigenvalue weighted by atomic mass is 10.00. The molecule has 0 spiro atoms. The summed E-state index contributed by atoms with van der Waals surface area (Å²) in [4.78, 5) is 48.8. The summed E-state index contributed by atoms with van der Waals surface area (Å²) in [6.07, 6.45) is 1.22. The first-order chi connectivity index (χ1) is 14.3. The number of aryl methyl sites for hydroxylation is 1. The Bertz CT molecular complexity index is 904. The molecule has 7 nitrogen and oxygen atoms in total. The SMILES string of the molecule is CNC(=O)C(C(=O)CO)N(C)C(=O)c1ccc(-c2ccc(CCC(C)=O)cc2)cc1. The molecule has 0 aliphatic carbocycles. The predicted molar refractivity (Wildman–Crippen MR) is 113 cm³/mol. The average molecular weight is 410 g/mol. The molecule has 2 rings (SSSR count). The van der Waals surface area contributed by atoms with Crippen molar-refractivity contribution in [1.29, 1.82) is 0 Å². The Labute approximate surface area is 175 Å². The highest BCUT2D eigenvalue weighted by atomic mass is 16.3. The first kappa shape index (κ1) is 23.0. The molecule has 2 aromatic rings. The highest BCUT2D eigenvalue weighted by Crippen LogP contribution is 2.21. The molecule has 0 aliphatic rings. The Morgan fingerprint density at radius 3 is 1.97 bits per heavy atom. The van der Waals surface area contributed by atoms with E-state index in [1.807, 2.05) is 24.3 Å². The van der Waals surface area contributed by atoms with Crippen LogP contribution in [0.2, 0.25) is 0 Å². The molecule has 0 saturated heterocycles. The van der Waals surface area contributed by atoms with Crippen LogP contribution in [0.4, 0.5) is 0 Å². The predicted octanol–water partition coefficient (Wildman–Crippen LogP) is 1.62. The molecule has 0 aromatic heterocycles. The smallest absolute Gasteiger partial charge is 0.254 e. The normalized spacial score (nSPS) is 11.5. The second-order valence-corrected chi connectivity index (χ2v) is 7.03. The zero-order chi connectivity index (χ0) is 22.3. The van der Waals surface area contributed by atoms with Crippen LogP contribution < -0.4 is 5.32 Å². The maximum atomic E-state index is 12.7. The molecule has 0 bridgehead atoms. The van der Waals surface area contributed by atoms with Gasteiger partial charge in [0.2, 0.25) is 5.91 Å². The van der Waals surface area contributed by atoms with E-state index in [9.17, 15) is 19.2 Å². The van der Waals surface area contributed by atoms with Gasteiger partial charge >= 0.3 is 0 Å². The number of carbonyl (C=O) groups is 4. The van der Waals surface area contributed by atoms with Crippen molar-refractivity contribution in [2.45, 2.75) is 25.8 Å². The third kappa shape index (κ3) is 5.61. The van der Waals surface area contributed by atoms with Crippen LogP contribution in [0.3, 0.4) is 0 Å². The van der Waals surface area contributed by atoms with Crippen molar-refractivity contribution >= 4 is 23.4 Å². The van der Waals surface area contributed by atoms with Crippen LogP contribution in [0, 0.1) is 0 Å². The van der Waals surface area contributed by atoms with Crippen LogP contribution in [0.1, 0.15) is 29.3 Å². The van der Waals surface area contributed by atoms with E-state index >= 15 is 0 Å². The molecule has 30 heavy (non-hydrogen) atoms. The van der Waals surface area contributed by atoms with E-state index in [0.717, 1.165) is 21.6 Å². The third-order valence-corrected chi connectivity index (χ3v) is 4.85. The number of rotatable bonds is 9. The molecule has 1 unspecified atom stereocenters. The van der Waals surface area contributed by atoms with Gasteiger partial charge in [0, 0.05) is 26.1 Å². The van der Waals surface area contributed by atoms with Gasteiger partial charge in [-0.05, 0) is 42.2 Å². The quantitative estimate of drug-likeness (QED) is 0.612. The van der Waals surface area contributed by atoms with Crippen LogP contribution in [-0.4, -0.2) is 60.1 Å². The molecule has 0 saturated carbocycles. The number of Topliss-reactive ketones (excluding diaryl/α,β-unsaturated/α-hetero) is 2. The van der Waals surface area contributed by atoms with Gasteiger partial charge in [0.05, 0.1) is 0 Å². The number of ketones is 2. The van der Waals surface area contributed by atoms with E-state index in [4.69, 9.17) is 5.11 Å². The molecular weight excluding hydrogens is 384 g/mol. The van der Waals surface area contributed by atoms with Crippen LogP contribution in [0.25, 0.3) is 11.1 Å². The molecule has 0 fully saturated rings. The third-order valence-electron chi connectivity index (χ3n) is 4.85. The van der Waals surface area contributed by atoms with Gasteiger partial charge in [-0.25, -0.2) is 0 Å². The first-order valence-corrected chi connectivity index (χ1v) is 9.59. The van der Waals surface area contributed by atoms with Crippen LogP contribution >= 0.6 is 0 Å². The zero-order valence-electron chi connectivity index (χ0n) is 17.3. The summed E-state index contributed by atoms with van der Waals surface area (Å²) in [7, 11) is 2.71. The largest absolute Gasteiger partial charge is 0.388 e. The molecule has 2 amide bonds. The van der Waals surface area contributed by atoms with Crippen molar-refractivity contribution in [2.24, 2.45) is 0 Å². The van der Waals surface area contributed by atoms with Crippen molar-refractivity contribution in [3.63, 3.8) is 0 Å². The fourth-order valence-electron chi connectivity index (χ4n) is 3.07. The number of amides is 2. The van der Waals surface area contributed by atoms with E-state index in [1.54, 1.807) is 31.2 Å². The Morgan fingerprint density at radius 1 is 0.967 bits per heavy atom. The summed E-state index contributed by atoms with van der Waals surface area (Å²) in [5.41, 5.74) is 3.27. The Kier molecular flexibility index (Phi) is 8.00. The summed E-state index contributed by atoms with van der Waals surface area (Å²) >= 11 is 0. The number of aliphatic hydroxyl groups excluding tert-OH is 1. The highest BCUT2D eigenvalue weighted by Gasteiger charge is 2.32. The van der Waals surface area contributed by atoms with Gasteiger partial charge in [-0.1, -0.05) is 36.4 Å². The van der Waals surface area contributed by atoms with Crippen molar-refractivity contribution in [3.05, 3.63) is 59.7 Å². The average Bonchev–Trinajstić information content (AvgIpc) is 2.77. The van der Waals surface area contributed by atoms with Crippen LogP contribution in [0.15, 0.2) is 48.5 Å². The number of nitrogens with zero attached hydrogens (tertiary/aromatic N) is 1. The maximum absolute atomic E-state index is 12.7. The molecule has 0 heterocycles. The molecule has 1 atom stereocenters. The molecule has 2 N–H and O–H groups in total. The second kappa shape index (κ2) is 10.5. The summed E-state index contributed by atoms with van der Waals surface area (Å²) in [6.45, 7) is 0.738. The van der Waals surface area contributed by atoms with E-state index in [-0.39, 0.29) is 5.78 Å². The van der Waals surface area contributed by atoms with Crippen LogP contribution in [-0.2, 0) is 20.8 Å². The topological polar surface area (TPSA) is 104 Å². The van der Waals surface area contributed by atoms with Crippen molar-refractivity contribution < 1.29 is 24.3 Å². The Hall–Kier alpha value is -3.32. The minimum atomic E-state index is -1.39. The van der Waals surface area contributed by atoms with Crippen molar-refractivity contribution in [3.8, 4) is 11.1 Å². The summed E-state index contributed by atoms with van der Waals surface area (Å²) in [5, 5.41) is 11.4. The highest BCUT2D eigenvalue weighted by molar-refractivity contribution is 6.10. The molecule has 158 valence electrons. The summed E-state index contributed by atoms with van der Waals surface area (Å²) in [5.74, 6) is -1.77.